The van der Waals surface area contributed by atoms with Crippen LogP contribution in [-0.2, 0) is 0 Å². The first-order valence-electron chi connectivity index (χ1n) is 18.5. The molecule has 0 amide bonds. The van der Waals surface area contributed by atoms with Gasteiger partial charge in [0.2, 0.25) is 5.71 Å². The van der Waals surface area contributed by atoms with Crippen molar-refractivity contribution in [1.29, 1.82) is 0 Å². The Morgan fingerprint density at radius 2 is 1.09 bits per heavy atom. The third-order valence-corrected chi connectivity index (χ3v) is 11.0. The molecule has 0 radical (unpaired) electrons. The van der Waals surface area contributed by atoms with E-state index in [0.717, 1.165) is 83.0 Å². The molecule has 0 aliphatic heterocycles. The number of rotatable bonds is 4. The standard InChI is InChI=1S/C50H29N3O2/c1-3-14-30(15-4-1)46-45-38-23-13-22-35(47(38)55-50(45)52-49(51-46)31-16-5-2-6-17-31)36-26-27-41(44-37-21-10-12-25-43(37)54-48(36)44)53-40-24-11-9-20-34(40)39-28-32-18-7-8-19-33(32)29-42(39)53/h1-29H. The van der Waals surface area contributed by atoms with Gasteiger partial charge in [0.15, 0.2) is 5.82 Å². The molecule has 8 aromatic carbocycles. The molecule has 0 N–H and O–H groups in total. The highest BCUT2D eigenvalue weighted by Crippen LogP contribution is 2.46. The lowest BCUT2D eigenvalue weighted by molar-refractivity contribution is 0.653. The molecule has 0 spiro atoms. The van der Waals surface area contributed by atoms with Gasteiger partial charge in [-0.3, -0.25) is 0 Å². The molecule has 12 rings (SSSR count). The normalized spacial score (nSPS) is 12.0. The van der Waals surface area contributed by atoms with Gasteiger partial charge in [-0.2, -0.15) is 4.98 Å². The van der Waals surface area contributed by atoms with Crippen molar-refractivity contribution < 1.29 is 8.83 Å². The van der Waals surface area contributed by atoms with Crippen molar-refractivity contribution in [2.45, 2.75) is 0 Å². The lowest BCUT2D eigenvalue weighted by atomic mass is 9.98. The van der Waals surface area contributed by atoms with Crippen molar-refractivity contribution in [2.75, 3.05) is 0 Å². The molecule has 55 heavy (non-hydrogen) atoms. The van der Waals surface area contributed by atoms with Gasteiger partial charge in [0.1, 0.15) is 16.7 Å². The van der Waals surface area contributed by atoms with E-state index in [4.69, 9.17) is 18.8 Å². The fourth-order valence-corrected chi connectivity index (χ4v) is 8.55. The molecule has 0 saturated carbocycles. The van der Waals surface area contributed by atoms with Crippen LogP contribution in [-0.4, -0.2) is 14.5 Å². The van der Waals surface area contributed by atoms with E-state index in [1.54, 1.807) is 0 Å². The Balaban J connectivity index is 1.16. The van der Waals surface area contributed by atoms with Crippen LogP contribution in [0.4, 0.5) is 0 Å². The van der Waals surface area contributed by atoms with Crippen LogP contribution < -0.4 is 0 Å². The monoisotopic (exact) mass is 703 g/mol. The van der Waals surface area contributed by atoms with Gasteiger partial charge in [0.25, 0.3) is 0 Å². The molecule has 4 heterocycles. The summed E-state index contributed by atoms with van der Waals surface area (Å²) in [6.07, 6.45) is 0. The molecule has 0 bridgehead atoms. The first-order chi connectivity index (χ1) is 27.3. The van der Waals surface area contributed by atoms with Gasteiger partial charge < -0.3 is 13.4 Å². The van der Waals surface area contributed by atoms with Crippen LogP contribution in [0.3, 0.4) is 0 Å². The summed E-state index contributed by atoms with van der Waals surface area (Å²) in [4.78, 5) is 10.2. The van der Waals surface area contributed by atoms with Crippen molar-refractivity contribution >= 4 is 76.6 Å². The van der Waals surface area contributed by atoms with E-state index in [9.17, 15) is 0 Å². The van der Waals surface area contributed by atoms with Crippen LogP contribution in [0.15, 0.2) is 185 Å². The van der Waals surface area contributed by atoms with Gasteiger partial charge in [-0.15, -0.1) is 0 Å². The highest BCUT2D eigenvalue weighted by molar-refractivity contribution is 6.20. The Hall–Kier alpha value is -7.50. The SMILES string of the molecule is c1ccc(-c2nc(-c3ccccc3)c3c(n2)oc2c(-c4ccc(-n5c6ccccc6c6cc7ccccc7cc65)c5c4oc4ccccc45)cccc23)cc1. The number of para-hydroxylation sites is 3. The number of aromatic nitrogens is 3. The highest BCUT2D eigenvalue weighted by Gasteiger charge is 2.24. The number of hydrogen-bond donors (Lipinski definition) is 0. The molecule has 0 aliphatic rings. The van der Waals surface area contributed by atoms with E-state index >= 15 is 0 Å². The number of hydrogen-bond acceptors (Lipinski definition) is 4. The van der Waals surface area contributed by atoms with Crippen LogP contribution in [0.1, 0.15) is 0 Å². The Morgan fingerprint density at radius 1 is 0.418 bits per heavy atom. The second-order valence-corrected chi connectivity index (χ2v) is 14.1. The predicted octanol–water partition coefficient (Wildman–Crippen LogP) is 13.5. The third kappa shape index (κ3) is 4.41. The van der Waals surface area contributed by atoms with E-state index in [1.165, 1.54) is 21.5 Å². The van der Waals surface area contributed by atoms with Gasteiger partial charge in [-0.25, -0.2) is 4.98 Å². The third-order valence-electron chi connectivity index (χ3n) is 11.0. The topological polar surface area (TPSA) is 57.0 Å². The van der Waals surface area contributed by atoms with Gasteiger partial charge in [0.05, 0.1) is 33.2 Å². The number of nitrogens with zero attached hydrogens (tertiary/aromatic N) is 3. The molecule has 5 nitrogen and oxygen atoms in total. The van der Waals surface area contributed by atoms with E-state index < -0.39 is 0 Å². The second-order valence-electron chi connectivity index (χ2n) is 14.1. The molecule has 0 unspecified atom stereocenters. The average Bonchev–Trinajstić information content (AvgIpc) is 3.93. The molecular weight excluding hydrogens is 675 g/mol. The summed E-state index contributed by atoms with van der Waals surface area (Å²) < 4.78 is 16.1. The maximum absolute atomic E-state index is 6.88. The highest BCUT2D eigenvalue weighted by atomic mass is 16.3. The lowest BCUT2D eigenvalue weighted by Gasteiger charge is -2.12. The van der Waals surface area contributed by atoms with Crippen molar-refractivity contribution in [3.63, 3.8) is 0 Å². The molecule has 256 valence electrons. The molecule has 12 aromatic rings. The first-order valence-corrected chi connectivity index (χ1v) is 18.5. The van der Waals surface area contributed by atoms with Gasteiger partial charge in [0, 0.05) is 43.8 Å². The minimum absolute atomic E-state index is 0.546. The van der Waals surface area contributed by atoms with Crippen molar-refractivity contribution in [1.82, 2.24) is 14.5 Å². The molecule has 0 aliphatic carbocycles. The van der Waals surface area contributed by atoms with E-state index in [2.05, 4.69) is 126 Å². The Bertz CT molecular complexity index is 3480. The zero-order chi connectivity index (χ0) is 36.0. The van der Waals surface area contributed by atoms with Gasteiger partial charge >= 0.3 is 0 Å². The maximum atomic E-state index is 6.88. The smallest absolute Gasteiger partial charge is 0.231 e. The Labute approximate surface area is 314 Å². The average molecular weight is 704 g/mol. The summed E-state index contributed by atoms with van der Waals surface area (Å²) in [5.74, 6) is 0.621. The van der Waals surface area contributed by atoms with E-state index in [1.807, 2.05) is 54.6 Å². The lowest BCUT2D eigenvalue weighted by Crippen LogP contribution is -1.95. The molecule has 0 fully saturated rings. The van der Waals surface area contributed by atoms with Crippen LogP contribution in [0, 0.1) is 0 Å². The fourth-order valence-electron chi connectivity index (χ4n) is 8.55. The van der Waals surface area contributed by atoms with Crippen LogP contribution >= 0.6 is 0 Å². The Morgan fingerprint density at radius 3 is 1.93 bits per heavy atom. The number of furan rings is 2. The number of fused-ring (bicyclic) bond motifs is 10. The largest absolute Gasteiger partial charge is 0.455 e. The molecule has 4 aromatic heterocycles. The Kier molecular flexibility index (Phi) is 6.27. The van der Waals surface area contributed by atoms with E-state index in [0.29, 0.717) is 11.5 Å². The van der Waals surface area contributed by atoms with Crippen molar-refractivity contribution in [3.05, 3.63) is 176 Å². The summed E-state index contributed by atoms with van der Waals surface area (Å²) in [6.45, 7) is 0. The zero-order valence-electron chi connectivity index (χ0n) is 29.4. The van der Waals surface area contributed by atoms with Crippen molar-refractivity contribution in [3.8, 4) is 39.5 Å². The molecule has 0 saturated heterocycles. The maximum Gasteiger partial charge on any atom is 0.231 e. The first kappa shape index (κ1) is 30.0. The van der Waals surface area contributed by atoms with Crippen LogP contribution in [0.25, 0.3) is 116 Å². The summed E-state index contributed by atoms with van der Waals surface area (Å²) in [5.41, 5.74) is 10.9. The second kappa shape index (κ2) is 11.5. The van der Waals surface area contributed by atoms with E-state index in [-0.39, 0.29) is 0 Å². The molecular formula is C50H29N3O2. The summed E-state index contributed by atoms with van der Waals surface area (Å²) >= 11 is 0. The van der Waals surface area contributed by atoms with Crippen LogP contribution in [0.5, 0.6) is 0 Å². The predicted molar refractivity (Wildman–Crippen MR) is 225 cm³/mol. The number of benzene rings is 8. The van der Waals surface area contributed by atoms with Gasteiger partial charge in [-0.05, 0) is 47.2 Å². The minimum Gasteiger partial charge on any atom is -0.455 e. The fraction of sp³-hybridized carbons (Fsp3) is 0. The van der Waals surface area contributed by atoms with Crippen LogP contribution in [0.2, 0.25) is 0 Å². The quantitative estimate of drug-likeness (QED) is 0.183. The minimum atomic E-state index is 0.546. The van der Waals surface area contributed by atoms with Gasteiger partial charge in [-0.1, -0.05) is 140 Å². The zero-order valence-corrected chi connectivity index (χ0v) is 29.4. The molecule has 0 atom stereocenters. The van der Waals surface area contributed by atoms with Crippen molar-refractivity contribution in [2.24, 2.45) is 0 Å². The molecule has 5 heteroatoms. The summed E-state index contributed by atoms with van der Waals surface area (Å²) in [7, 11) is 0. The summed E-state index contributed by atoms with van der Waals surface area (Å²) in [5, 5.41) is 8.81. The summed E-state index contributed by atoms with van der Waals surface area (Å²) in [6, 6.07) is 61.3.